The van der Waals surface area contributed by atoms with Gasteiger partial charge in [-0.25, -0.2) is 9.97 Å². The molecule has 108 valence electrons. The number of aliphatic hydroxyl groups excluding tert-OH is 1. The van der Waals surface area contributed by atoms with E-state index in [9.17, 15) is 4.79 Å². The lowest BCUT2D eigenvalue weighted by atomic mass is 10.0. The highest BCUT2D eigenvalue weighted by Gasteiger charge is 2.18. The van der Waals surface area contributed by atoms with Crippen molar-refractivity contribution in [3.63, 3.8) is 0 Å². The third-order valence-electron chi connectivity index (χ3n) is 3.24. The maximum absolute atomic E-state index is 12.2. The molecule has 2 aromatic rings. The van der Waals surface area contributed by atoms with Crippen LogP contribution in [-0.2, 0) is 0 Å². The highest BCUT2D eigenvalue weighted by molar-refractivity contribution is 7.21. The van der Waals surface area contributed by atoms with E-state index in [0.29, 0.717) is 33.9 Å². The summed E-state index contributed by atoms with van der Waals surface area (Å²) >= 11 is 1.24. The molecule has 1 atom stereocenters. The molecule has 2 rings (SSSR count). The van der Waals surface area contributed by atoms with Crippen molar-refractivity contribution in [2.24, 2.45) is 5.92 Å². The summed E-state index contributed by atoms with van der Waals surface area (Å²) in [5.41, 5.74) is 6.90. The molecule has 0 saturated heterocycles. The van der Waals surface area contributed by atoms with Gasteiger partial charge >= 0.3 is 0 Å². The Bertz CT molecular complexity index is 599. The zero-order valence-electron chi connectivity index (χ0n) is 11.3. The normalized spacial score (nSPS) is 12.5. The van der Waals surface area contributed by atoms with Crippen LogP contribution in [0.3, 0.4) is 0 Å². The van der Waals surface area contributed by atoms with Crippen LogP contribution in [0.5, 0.6) is 0 Å². The zero-order chi connectivity index (χ0) is 14.5. The van der Waals surface area contributed by atoms with Crippen LogP contribution in [0.2, 0.25) is 0 Å². The van der Waals surface area contributed by atoms with Crippen molar-refractivity contribution in [2.45, 2.75) is 19.8 Å². The van der Waals surface area contributed by atoms with Crippen LogP contribution in [0, 0.1) is 5.92 Å². The number of hydrogen-bond acceptors (Lipinski definition) is 6. The molecule has 0 spiro atoms. The molecule has 0 radical (unpaired) electrons. The molecular weight excluding hydrogens is 276 g/mol. The molecule has 20 heavy (non-hydrogen) atoms. The van der Waals surface area contributed by atoms with Gasteiger partial charge in [-0.05, 0) is 12.3 Å². The van der Waals surface area contributed by atoms with Gasteiger partial charge in [-0.15, -0.1) is 11.3 Å². The van der Waals surface area contributed by atoms with Crippen LogP contribution >= 0.6 is 11.3 Å². The van der Waals surface area contributed by atoms with Gasteiger partial charge in [0, 0.05) is 25.5 Å². The number of nitrogens with one attached hydrogen (secondary N) is 1. The number of aromatic nitrogens is 2. The van der Waals surface area contributed by atoms with E-state index < -0.39 is 0 Å². The summed E-state index contributed by atoms with van der Waals surface area (Å²) in [6, 6.07) is 0. The second kappa shape index (κ2) is 6.62. The van der Waals surface area contributed by atoms with Gasteiger partial charge in [0.2, 0.25) is 0 Å². The van der Waals surface area contributed by atoms with Gasteiger partial charge < -0.3 is 16.2 Å². The number of hydrogen-bond donors (Lipinski definition) is 3. The molecule has 0 aromatic carbocycles. The van der Waals surface area contributed by atoms with Gasteiger partial charge in [0.25, 0.3) is 5.91 Å². The van der Waals surface area contributed by atoms with Crippen LogP contribution in [0.4, 0.5) is 5.69 Å². The highest BCUT2D eigenvalue weighted by Crippen LogP contribution is 2.30. The fourth-order valence-corrected chi connectivity index (χ4v) is 2.90. The maximum Gasteiger partial charge on any atom is 0.263 e. The van der Waals surface area contributed by atoms with Crippen molar-refractivity contribution in [1.29, 1.82) is 0 Å². The molecule has 0 aliphatic carbocycles. The molecule has 0 bridgehead atoms. The fourth-order valence-electron chi connectivity index (χ4n) is 1.96. The molecule has 0 fully saturated rings. The first-order valence-corrected chi connectivity index (χ1v) is 7.37. The van der Waals surface area contributed by atoms with Crippen molar-refractivity contribution in [1.82, 2.24) is 15.3 Å². The number of anilines is 1. The Kier molecular flexibility index (Phi) is 4.86. The third-order valence-corrected chi connectivity index (χ3v) is 4.34. The Hall–Kier alpha value is -1.73. The van der Waals surface area contributed by atoms with Gasteiger partial charge in [0.1, 0.15) is 15.2 Å². The summed E-state index contributed by atoms with van der Waals surface area (Å²) in [7, 11) is 0. The summed E-state index contributed by atoms with van der Waals surface area (Å²) < 4.78 is 0. The van der Waals surface area contributed by atoms with Gasteiger partial charge in [0.15, 0.2) is 0 Å². The molecule has 0 aliphatic rings. The summed E-state index contributed by atoms with van der Waals surface area (Å²) in [6.07, 6.45) is 4.73. The maximum atomic E-state index is 12.2. The van der Waals surface area contributed by atoms with Crippen molar-refractivity contribution < 1.29 is 9.90 Å². The Morgan fingerprint density at radius 2 is 2.25 bits per heavy atom. The summed E-state index contributed by atoms with van der Waals surface area (Å²) in [4.78, 5) is 21.6. The predicted molar refractivity (Wildman–Crippen MR) is 79.6 cm³/mol. The Morgan fingerprint density at radius 1 is 1.50 bits per heavy atom. The van der Waals surface area contributed by atoms with E-state index in [2.05, 4.69) is 15.3 Å². The summed E-state index contributed by atoms with van der Waals surface area (Å²) in [6.45, 7) is 2.70. The number of carbonyl (C=O) groups excluding carboxylic acids is 1. The van der Waals surface area contributed by atoms with E-state index in [1.165, 1.54) is 11.3 Å². The molecule has 7 heteroatoms. The number of nitrogens with two attached hydrogens (primary N) is 1. The minimum atomic E-state index is -0.205. The quantitative estimate of drug-likeness (QED) is 0.748. The molecular formula is C13H18N4O2S. The number of thiophene rings is 1. The van der Waals surface area contributed by atoms with Crippen molar-refractivity contribution in [3.8, 4) is 0 Å². The zero-order valence-corrected chi connectivity index (χ0v) is 12.1. The minimum Gasteiger partial charge on any atom is -0.396 e. The van der Waals surface area contributed by atoms with E-state index in [1.54, 1.807) is 12.4 Å². The Labute approximate surface area is 121 Å². The average Bonchev–Trinajstić information content (AvgIpc) is 2.81. The third kappa shape index (κ3) is 3.05. The SMILES string of the molecule is CCC(CCO)CNC(=O)c1sc2nccnc2c1N. The van der Waals surface area contributed by atoms with Gasteiger partial charge in [0.05, 0.1) is 5.69 Å². The first kappa shape index (κ1) is 14.7. The van der Waals surface area contributed by atoms with Gasteiger partial charge in [-0.1, -0.05) is 13.3 Å². The van der Waals surface area contributed by atoms with Crippen molar-refractivity contribution >= 4 is 33.3 Å². The first-order valence-electron chi connectivity index (χ1n) is 6.55. The van der Waals surface area contributed by atoms with Crippen LogP contribution in [0.1, 0.15) is 29.4 Å². The van der Waals surface area contributed by atoms with E-state index in [0.717, 1.165) is 6.42 Å². The second-order valence-corrected chi connectivity index (χ2v) is 5.55. The molecule has 2 heterocycles. The second-order valence-electron chi connectivity index (χ2n) is 4.55. The molecule has 0 saturated carbocycles. The number of rotatable bonds is 6. The topological polar surface area (TPSA) is 101 Å². The van der Waals surface area contributed by atoms with Crippen LogP contribution in [0.25, 0.3) is 10.3 Å². The molecule has 1 unspecified atom stereocenters. The van der Waals surface area contributed by atoms with E-state index in [1.807, 2.05) is 6.92 Å². The van der Waals surface area contributed by atoms with Crippen LogP contribution < -0.4 is 11.1 Å². The Balaban J connectivity index is 2.09. The van der Waals surface area contributed by atoms with Crippen LogP contribution in [0.15, 0.2) is 12.4 Å². The standard InChI is InChI=1S/C13H18N4O2S/c1-2-8(3-6-18)7-17-12(19)11-9(14)10-13(20-11)16-5-4-15-10/h4-5,8,18H,2-3,6-7,14H2,1H3,(H,17,19). The van der Waals surface area contributed by atoms with E-state index in [4.69, 9.17) is 10.8 Å². The van der Waals surface area contributed by atoms with Gasteiger partial charge in [-0.2, -0.15) is 0 Å². The van der Waals surface area contributed by atoms with Crippen LogP contribution in [-0.4, -0.2) is 34.1 Å². The summed E-state index contributed by atoms with van der Waals surface area (Å²) in [5.74, 6) is 0.0690. The molecule has 1 amide bonds. The highest BCUT2D eigenvalue weighted by atomic mass is 32.1. The number of carbonyl (C=O) groups is 1. The lowest BCUT2D eigenvalue weighted by molar-refractivity contribution is 0.0948. The first-order chi connectivity index (χ1) is 9.67. The Morgan fingerprint density at radius 3 is 2.90 bits per heavy atom. The van der Waals surface area contributed by atoms with Gasteiger partial charge in [-0.3, -0.25) is 4.79 Å². The lowest BCUT2D eigenvalue weighted by Gasteiger charge is -2.13. The molecule has 4 N–H and O–H groups in total. The molecule has 6 nitrogen and oxygen atoms in total. The summed E-state index contributed by atoms with van der Waals surface area (Å²) in [5, 5.41) is 11.8. The average molecular weight is 294 g/mol. The van der Waals surface area contributed by atoms with E-state index >= 15 is 0 Å². The number of aliphatic hydroxyl groups is 1. The smallest absolute Gasteiger partial charge is 0.263 e. The number of fused-ring (bicyclic) bond motifs is 1. The fraction of sp³-hybridized carbons (Fsp3) is 0.462. The monoisotopic (exact) mass is 294 g/mol. The van der Waals surface area contributed by atoms with Crippen molar-refractivity contribution in [3.05, 3.63) is 17.3 Å². The number of nitrogens with zero attached hydrogens (tertiary/aromatic N) is 2. The number of nitrogen functional groups attached to an aromatic ring is 1. The van der Waals surface area contributed by atoms with E-state index in [-0.39, 0.29) is 18.4 Å². The number of amides is 1. The lowest BCUT2D eigenvalue weighted by Crippen LogP contribution is -2.29. The van der Waals surface area contributed by atoms with Crippen molar-refractivity contribution in [2.75, 3.05) is 18.9 Å². The predicted octanol–water partition coefficient (Wildman–Crippen LogP) is 1.41. The largest absolute Gasteiger partial charge is 0.396 e. The molecule has 0 aliphatic heterocycles. The molecule has 2 aromatic heterocycles. The minimum absolute atomic E-state index is 0.132.